The van der Waals surface area contributed by atoms with Gasteiger partial charge in [-0.2, -0.15) is 0 Å². The van der Waals surface area contributed by atoms with Crippen LogP contribution in [0.5, 0.6) is 0 Å². The molecule has 3 aromatic carbocycles. The number of rotatable bonds is 6. The number of carbonyl (C=O) groups excluding carboxylic acids is 1. The molecule has 1 fully saturated rings. The highest BCUT2D eigenvalue weighted by Gasteiger charge is 2.51. The summed E-state index contributed by atoms with van der Waals surface area (Å²) in [6, 6.07) is 25.4. The van der Waals surface area contributed by atoms with Crippen molar-refractivity contribution in [2.75, 3.05) is 49.1 Å². The fraction of sp³-hybridized carbons (Fsp3) is 0.321. The monoisotopic (exact) mass is 443 g/mol. The number of amides is 1. The zero-order valence-corrected chi connectivity index (χ0v) is 19.1. The molecule has 3 aromatic rings. The molecule has 0 saturated carbocycles. The molecule has 0 aromatic heterocycles. The van der Waals surface area contributed by atoms with Crippen LogP contribution in [0.4, 0.5) is 15.8 Å². The molecule has 1 atom stereocenters. The zero-order chi connectivity index (χ0) is 22.8. The fourth-order valence-electron chi connectivity index (χ4n) is 5.47. The molecule has 2 aliphatic heterocycles. The van der Waals surface area contributed by atoms with Gasteiger partial charge in [0.1, 0.15) is 11.2 Å². The molecule has 1 amide bonds. The molecule has 2 heterocycles. The van der Waals surface area contributed by atoms with E-state index in [4.69, 9.17) is 0 Å². The van der Waals surface area contributed by atoms with Crippen LogP contribution in [0.2, 0.25) is 0 Å². The van der Waals surface area contributed by atoms with E-state index < -0.39 is 5.41 Å². The first-order valence-corrected chi connectivity index (χ1v) is 11.8. The van der Waals surface area contributed by atoms with E-state index in [9.17, 15) is 9.18 Å². The summed E-state index contributed by atoms with van der Waals surface area (Å²) in [4.78, 5) is 20.4. The maximum atomic E-state index is 14.2. The molecule has 0 aliphatic carbocycles. The molecule has 0 bridgehead atoms. The smallest absolute Gasteiger partial charge is 0.242 e. The van der Waals surface area contributed by atoms with Crippen molar-refractivity contribution in [3.05, 3.63) is 95.8 Å². The fourth-order valence-corrected chi connectivity index (χ4v) is 5.47. The van der Waals surface area contributed by atoms with E-state index in [0.29, 0.717) is 12.2 Å². The van der Waals surface area contributed by atoms with Gasteiger partial charge in [0, 0.05) is 38.4 Å². The molecule has 2 aliphatic rings. The van der Waals surface area contributed by atoms with Crippen molar-refractivity contribution in [2.24, 2.45) is 0 Å². The number of halogens is 1. The Kier molecular flexibility index (Phi) is 5.90. The Bertz CT molecular complexity index is 1130. The van der Waals surface area contributed by atoms with E-state index in [1.54, 1.807) is 6.07 Å². The van der Waals surface area contributed by atoms with E-state index in [1.165, 1.54) is 6.07 Å². The van der Waals surface area contributed by atoms with Crippen molar-refractivity contribution in [2.45, 2.75) is 18.8 Å². The lowest BCUT2D eigenvalue weighted by Gasteiger charge is -2.38. The molecule has 1 unspecified atom stereocenters. The van der Waals surface area contributed by atoms with Gasteiger partial charge in [0.2, 0.25) is 5.91 Å². The van der Waals surface area contributed by atoms with Gasteiger partial charge in [0.25, 0.3) is 0 Å². The second kappa shape index (κ2) is 8.99. The maximum Gasteiger partial charge on any atom is 0.242 e. The van der Waals surface area contributed by atoms with Crippen LogP contribution in [-0.2, 0) is 10.2 Å². The molecule has 0 radical (unpaired) electrons. The van der Waals surface area contributed by atoms with Crippen LogP contribution in [0.15, 0.2) is 78.9 Å². The molecular formula is C28H30FN3O. The number of hydrogen-bond donors (Lipinski definition) is 0. The summed E-state index contributed by atoms with van der Waals surface area (Å²) < 4.78 is 14.2. The van der Waals surface area contributed by atoms with Crippen LogP contribution in [0.1, 0.15) is 24.5 Å². The number of hydrogen-bond acceptors (Lipinski definition) is 3. The molecule has 1 saturated heterocycles. The highest BCUT2D eigenvalue weighted by atomic mass is 19.1. The Morgan fingerprint density at radius 3 is 2.15 bits per heavy atom. The van der Waals surface area contributed by atoms with Crippen molar-refractivity contribution in [3.63, 3.8) is 0 Å². The predicted octanol–water partition coefficient (Wildman–Crippen LogP) is 4.69. The Balaban J connectivity index is 1.39. The second-order valence-corrected chi connectivity index (χ2v) is 8.87. The third-order valence-corrected chi connectivity index (χ3v) is 7.22. The number of benzene rings is 3. The van der Waals surface area contributed by atoms with Crippen LogP contribution in [0.3, 0.4) is 0 Å². The summed E-state index contributed by atoms with van der Waals surface area (Å²) >= 11 is 0. The van der Waals surface area contributed by atoms with Gasteiger partial charge in [0.05, 0.1) is 5.69 Å². The lowest BCUT2D eigenvalue weighted by Crippen LogP contribution is -2.49. The SMILES string of the molecule is CCN1C(=O)C(CCN2CCN(c3ccccc3F)CC2)(c2ccccc2)c2ccccc21. The van der Waals surface area contributed by atoms with Gasteiger partial charge in [0.15, 0.2) is 0 Å². The number of fused-ring (bicyclic) bond motifs is 1. The van der Waals surface area contributed by atoms with Crippen LogP contribution in [0, 0.1) is 5.82 Å². The number of carbonyl (C=O) groups is 1. The summed E-state index contributed by atoms with van der Waals surface area (Å²) in [6.07, 6.45) is 0.725. The first-order chi connectivity index (χ1) is 16.1. The lowest BCUT2D eigenvalue weighted by atomic mass is 9.72. The second-order valence-electron chi connectivity index (χ2n) is 8.87. The Hall–Kier alpha value is -3.18. The first-order valence-electron chi connectivity index (χ1n) is 11.8. The Morgan fingerprint density at radius 1 is 0.818 bits per heavy atom. The largest absolute Gasteiger partial charge is 0.367 e. The maximum absolute atomic E-state index is 14.2. The molecule has 33 heavy (non-hydrogen) atoms. The van der Waals surface area contributed by atoms with Gasteiger partial charge in [-0.05, 0) is 49.2 Å². The molecule has 170 valence electrons. The number of para-hydroxylation sites is 2. The van der Waals surface area contributed by atoms with Gasteiger partial charge in [-0.15, -0.1) is 0 Å². The van der Waals surface area contributed by atoms with Crippen molar-refractivity contribution in [1.29, 1.82) is 0 Å². The first kappa shape index (κ1) is 21.7. The average molecular weight is 444 g/mol. The Morgan fingerprint density at radius 2 is 1.45 bits per heavy atom. The van der Waals surface area contributed by atoms with Crippen molar-refractivity contribution >= 4 is 17.3 Å². The summed E-state index contributed by atoms with van der Waals surface area (Å²) in [6.45, 7) is 6.79. The highest BCUT2D eigenvalue weighted by molar-refractivity contribution is 6.10. The molecule has 0 N–H and O–H groups in total. The summed E-state index contributed by atoms with van der Waals surface area (Å²) in [7, 11) is 0. The van der Waals surface area contributed by atoms with Gasteiger partial charge >= 0.3 is 0 Å². The van der Waals surface area contributed by atoms with Crippen molar-refractivity contribution in [1.82, 2.24) is 4.90 Å². The van der Waals surface area contributed by atoms with Gasteiger partial charge in [-0.25, -0.2) is 4.39 Å². The van der Waals surface area contributed by atoms with Crippen LogP contribution >= 0.6 is 0 Å². The molecule has 0 spiro atoms. The molecule has 5 heteroatoms. The third-order valence-electron chi connectivity index (χ3n) is 7.22. The zero-order valence-electron chi connectivity index (χ0n) is 19.1. The third kappa shape index (κ3) is 3.70. The van der Waals surface area contributed by atoms with Crippen LogP contribution in [-0.4, -0.2) is 50.1 Å². The number of likely N-dealkylation sites (N-methyl/N-ethyl adjacent to an activating group) is 1. The van der Waals surface area contributed by atoms with Gasteiger partial charge < -0.3 is 9.80 Å². The van der Waals surface area contributed by atoms with Crippen molar-refractivity contribution < 1.29 is 9.18 Å². The minimum Gasteiger partial charge on any atom is -0.367 e. The Labute approximate surface area is 195 Å². The lowest BCUT2D eigenvalue weighted by molar-refractivity contribution is -0.122. The van der Waals surface area contributed by atoms with E-state index in [0.717, 1.165) is 56.0 Å². The summed E-state index contributed by atoms with van der Waals surface area (Å²) in [5, 5.41) is 0. The predicted molar refractivity (Wildman–Crippen MR) is 131 cm³/mol. The van der Waals surface area contributed by atoms with E-state index in [1.807, 2.05) is 54.3 Å². The summed E-state index contributed by atoms with van der Waals surface area (Å²) in [5.74, 6) is 0.00388. The quantitative estimate of drug-likeness (QED) is 0.553. The topological polar surface area (TPSA) is 26.8 Å². The minimum absolute atomic E-state index is 0.165. The van der Waals surface area contributed by atoms with E-state index in [-0.39, 0.29) is 11.7 Å². The number of anilines is 2. The standard InChI is InChI=1S/C28H30FN3O/c1-2-32-25-14-8-6-12-23(25)28(27(32)33,22-10-4-3-5-11-22)16-17-30-18-20-31(21-19-30)26-15-9-7-13-24(26)29/h3-15H,2,16-21H2,1H3. The van der Waals surface area contributed by atoms with E-state index in [2.05, 4.69) is 34.1 Å². The van der Waals surface area contributed by atoms with Gasteiger partial charge in [-0.3, -0.25) is 9.69 Å². The number of nitrogens with zero attached hydrogens (tertiary/aromatic N) is 3. The highest BCUT2D eigenvalue weighted by Crippen LogP contribution is 2.48. The average Bonchev–Trinajstić information content (AvgIpc) is 3.11. The van der Waals surface area contributed by atoms with E-state index >= 15 is 0 Å². The van der Waals surface area contributed by atoms with Crippen LogP contribution < -0.4 is 9.80 Å². The number of piperazine rings is 1. The van der Waals surface area contributed by atoms with Crippen molar-refractivity contribution in [3.8, 4) is 0 Å². The normalized spacial score (nSPS) is 20.8. The molecular weight excluding hydrogens is 413 g/mol. The molecule has 5 rings (SSSR count). The van der Waals surface area contributed by atoms with Gasteiger partial charge in [-0.1, -0.05) is 60.7 Å². The molecule has 4 nitrogen and oxygen atoms in total. The summed E-state index contributed by atoms with van der Waals surface area (Å²) in [5.41, 5.74) is 3.20. The van der Waals surface area contributed by atoms with Crippen LogP contribution in [0.25, 0.3) is 0 Å². The minimum atomic E-state index is -0.670.